The molecule has 0 bridgehead atoms. The second-order valence-corrected chi connectivity index (χ2v) is 6.05. The predicted molar refractivity (Wildman–Crippen MR) is 71.0 cm³/mol. The summed E-state index contributed by atoms with van der Waals surface area (Å²) in [6.07, 6.45) is 5.47. The van der Waals surface area contributed by atoms with E-state index in [1.165, 1.54) is 19.2 Å². The largest absolute Gasteiger partial charge is 0.481 e. The summed E-state index contributed by atoms with van der Waals surface area (Å²) in [7, 11) is -2.16. The lowest BCUT2D eigenvalue weighted by atomic mass is 10.1. The molecule has 102 valence electrons. The van der Waals surface area contributed by atoms with E-state index in [2.05, 4.69) is 5.92 Å². The molecule has 0 fully saturated rings. The quantitative estimate of drug-likeness (QED) is 0.788. The van der Waals surface area contributed by atoms with Crippen LogP contribution in [0.4, 0.5) is 0 Å². The van der Waals surface area contributed by atoms with Gasteiger partial charge in [0.2, 0.25) is 10.0 Å². The Balaban J connectivity index is 2.87. The summed E-state index contributed by atoms with van der Waals surface area (Å²) in [5, 5.41) is 8.57. The van der Waals surface area contributed by atoms with Crippen molar-refractivity contribution in [3.8, 4) is 12.3 Å². The van der Waals surface area contributed by atoms with Crippen molar-refractivity contribution in [3.63, 3.8) is 0 Å². The molecule has 0 radical (unpaired) electrons. The van der Waals surface area contributed by atoms with Gasteiger partial charge in [-0.05, 0) is 24.1 Å². The summed E-state index contributed by atoms with van der Waals surface area (Å²) in [5.41, 5.74) is 0.779. The molecule has 0 heterocycles. The Bertz CT molecular complexity index is 584. The number of hydrogen-bond donors (Lipinski definition) is 1. The molecule has 0 saturated heterocycles. The van der Waals surface area contributed by atoms with E-state index in [1.54, 1.807) is 12.1 Å². The number of hydrogen-bond acceptors (Lipinski definition) is 3. The van der Waals surface area contributed by atoms with Gasteiger partial charge < -0.3 is 5.11 Å². The summed E-state index contributed by atoms with van der Waals surface area (Å²) in [4.78, 5) is 10.6. The van der Waals surface area contributed by atoms with Crippen molar-refractivity contribution in [2.75, 3.05) is 13.6 Å². The Morgan fingerprint density at radius 2 is 1.95 bits per heavy atom. The molecule has 0 saturated carbocycles. The van der Waals surface area contributed by atoms with Gasteiger partial charge in [-0.2, -0.15) is 4.31 Å². The van der Waals surface area contributed by atoms with Crippen molar-refractivity contribution in [3.05, 3.63) is 29.8 Å². The SMILES string of the molecule is C#CCN(C)S(=O)(=O)c1ccc(CCC(=O)O)cc1. The first-order chi connectivity index (χ1) is 8.87. The second kappa shape index (κ2) is 6.36. The number of terminal acetylenes is 1. The molecule has 19 heavy (non-hydrogen) atoms. The first-order valence-corrected chi connectivity index (χ1v) is 7.02. The van der Waals surface area contributed by atoms with E-state index in [9.17, 15) is 13.2 Å². The molecule has 0 atom stereocenters. The highest BCUT2D eigenvalue weighted by Gasteiger charge is 2.19. The lowest BCUT2D eigenvalue weighted by Gasteiger charge is -2.14. The Kier molecular flexibility index (Phi) is 5.10. The van der Waals surface area contributed by atoms with E-state index in [0.717, 1.165) is 9.87 Å². The van der Waals surface area contributed by atoms with Gasteiger partial charge in [-0.15, -0.1) is 6.42 Å². The minimum absolute atomic E-state index is 0.00307. The normalized spacial score (nSPS) is 11.2. The zero-order valence-electron chi connectivity index (χ0n) is 10.5. The minimum Gasteiger partial charge on any atom is -0.481 e. The fourth-order valence-electron chi connectivity index (χ4n) is 1.47. The van der Waals surface area contributed by atoms with Crippen LogP contribution >= 0.6 is 0 Å². The van der Waals surface area contributed by atoms with Crippen LogP contribution in [0, 0.1) is 12.3 Å². The third kappa shape index (κ3) is 4.09. The highest BCUT2D eigenvalue weighted by molar-refractivity contribution is 7.89. The molecular weight excluding hydrogens is 266 g/mol. The average molecular weight is 281 g/mol. The van der Waals surface area contributed by atoms with Gasteiger partial charge in [-0.25, -0.2) is 8.42 Å². The van der Waals surface area contributed by atoms with E-state index >= 15 is 0 Å². The van der Waals surface area contributed by atoms with Gasteiger partial charge in [0.15, 0.2) is 0 Å². The summed E-state index contributed by atoms with van der Waals surface area (Å²) in [6, 6.07) is 6.14. The Labute approximate surface area is 112 Å². The molecule has 0 aliphatic heterocycles. The Morgan fingerprint density at radius 1 is 1.37 bits per heavy atom. The van der Waals surface area contributed by atoms with Crippen molar-refractivity contribution in [1.82, 2.24) is 4.31 Å². The zero-order chi connectivity index (χ0) is 14.5. The molecule has 0 amide bonds. The molecule has 0 aromatic heterocycles. The molecule has 1 aromatic rings. The molecule has 0 spiro atoms. The highest BCUT2D eigenvalue weighted by Crippen LogP contribution is 2.15. The van der Waals surface area contributed by atoms with Crippen LogP contribution in [0.3, 0.4) is 0 Å². The summed E-state index contributed by atoms with van der Waals surface area (Å²) in [6.45, 7) is 0.00307. The first kappa shape index (κ1) is 15.2. The highest BCUT2D eigenvalue weighted by atomic mass is 32.2. The van der Waals surface area contributed by atoms with Crippen LogP contribution in [0.2, 0.25) is 0 Å². The van der Waals surface area contributed by atoms with Gasteiger partial charge >= 0.3 is 5.97 Å². The molecule has 5 nitrogen and oxygen atoms in total. The van der Waals surface area contributed by atoms with Crippen molar-refractivity contribution in [2.45, 2.75) is 17.7 Å². The Hall–Kier alpha value is -1.84. The van der Waals surface area contributed by atoms with Crippen LogP contribution in [0.25, 0.3) is 0 Å². The summed E-state index contributed by atoms with van der Waals surface area (Å²) in [5.74, 6) is 1.39. The molecule has 0 aliphatic rings. The van der Waals surface area contributed by atoms with E-state index in [0.29, 0.717) is 6.42 Å². The molecule has 0 unspecified atom stereocenters. The smallest absolute Gasteiger partial charge is 0.303 e. The van der Waals surface area contributed by atoms with Crippen LogP contribution in [0.15, 0.2) is 29.2 Å². The Morgan fingerprint density at radius 3 is 2.42 bits per heavy atom. The van der Waals surface area contributed by atoms with Crippen LogP contribution in [-0.4, -0.2) is 37.4 Å². The average Bonchev–Trinajstić information content (AvgIpc) is 2.37. The third-order valence-corrected chi connectivity index (χ3v) is 4.39. The molecule has 1 rings (SSSR count). The molecular formula is C13H15NO4S. The predicted octanol–water partition coefficient (Wildman–Crippen LogP) is 0.958. The maximum atomic E-state index is 12.0. The minimum atomic E-state index is -3.57. The fourth-order valence-corrected chi connectivity index (χ4v) is 2.56. The van der Waals surface area contributed by atoms with Crippen molar-refractivity contribution in [2.24, 2.45) is 0 Å². The van der Waals surface area contributed by atoms with Crippen LogP contribution in [-0.2, 0) is 21.2 Å². The number of nitrogens with zero attached hydrogens (tertiary/aromatic N) is 1. The van der Waals surface area contributed by atoms with Gasteiger partial charge in [0, 0.05) is 13.5 Å². The fraction of sp³-hybridized carbons (Fsp3) is 0.308. The van der Waals surface area contributed by atoms with Gasteiger partial charge in [-0.3, -0.25) is 4.79 Å². The topological polar surface area (TPSA) is 74.7 Å². The van der Waals surface area contributed by atoms with Gasteiger partial charge in [0.25, 0.3) is 0 Å². The van der Waals surface area contributed by atoms with Gasteiger partial charge in [-0.1, -0.05) is 18.1 Å². The molecule has 0 aliphatic carbocycles. The van der Waals surface area contributed by atoms with Crippen LogP contribution in [0.5, 0.6) is 0 Å². The van der Waals surface area contributed by atoms with E-state index in [4.69, 9.17) is 11.5 Å². The number of aryl methyl sites for hydroxylation is 1. The molecule has 6 heteroatoms. The lowest BCUT2D eigenvalue weighted by molar-refractivity contribution is -0.136. The van der Waals surface area contributed by atoms with E-state index in [-0.39, 0.29) is 17.9 Å². The number of carbonyl (C=O) groups is 1. The lowest BCUT2D eigenvalue weighted by Crippen LogP contribution is -2.27. The second-order valence-electron chi connectivity index (χ2n) is 4.00. The van der Waals surface area contributed by atoms with Crippen molar-refractivity contribution < 1.29 is 18.3 Å². The number of carboxylic acids is 1. The maximum Gasteiger partial charge on any atom is 0.303 e. The van der Waals surface area contributed by atoms with Gasteiger partial charge in [0.05, 0.1) is 11.4 Å². The number of sulfonamides is 1. The number of rotatable bonds is 6. The molecule has 1 aromatic carbocycles. The zero-order valence-corrected chi connectivity index (χ0v) is 11.4. The monoisotopic (exact) mass is 281 g/mol. The van der Waals surface area contributed by atoms with E-state index < -0.39 is 16.0 Å². The first-order valence-electron chi connectivity index (χ1n) is 5.58. The summed E-state index contributed by atoms with van der Waals surface area (Å²) < 4.78 is 25.2. The molecule has 1 N–H and O–H groups in total. The maximum absolute atomic E-state index is 12.0. The van der Waals surface area contributed by atoms with Gasteiger partial charge in [0.1, 0.15) is 0 Å². The number of carboxylic acid groups (broad SMARTS) is 1. The summed E-state index contributed by atoms with van der Waals surface area (Å²) >= 11 is 0. The number of aliphatic carboxylic acids is 1. The third-order valence-electron chi connectivity index (χ3n) is 2.57. The van der Waals surface area contributed by atoms with E-state index in [1.807, 2.05) is 0 Å². The number of benzene rings is 1. The standard InChI is InChI=1S/C13H15NO4S/c1-3-10-14(2)19(17,18)12-7-4-11(5-8-12)6-9-13(15)16/h1,4-5,7-8H,6,9-10H2,2H3,(H,15,16). The van der Waals surface area contributed by atoms with Crippen LogP contribution < -0.4 is 0 Å². The van der Waals surface area contributed by atoms with Crippen molar-refractivity contribution in [1.29, 1.82) is 0 Å². The van der Waals surface area contributed by atoms with Crippen molar-refractivity contribution >= 4 is 16.0 Å². The van der Waals surface area contributed by atoms with Crippen LogP contribution in [0.1, 0.15) is 12.0 Å².